The van der Waals surface area contributed by atoms with Crippen molar-refractivity contribution in [1.82, 2.24) is 14.2 Å². The molecule has 0 bridgehead atoms. The summed E-state index contributed by atoms with van der Waals surface area (Å²) in [7, 11) is -3.97. The Labute approximate surface area is 190 Å². The van der Waals surface area contributed by atoms with Gasteiger partial charge in [0.15, 0.2) is 0 Å². The number of piperidine rings is 1. The predicted molar refractivity (Wildman–Crippen MR) is 117 cm³/mol. The molecule has 33 heavy (non-hydrogen) atoms. The number of carbonyl (C=O) groups is 3. The molecule has 3 heterocycles. The maximum atomic E-state index is 12.9. The van der Waals surface area contributed by atoms with Gasteiger partial charge in [0, 0.05) is 42.7 Å². The molecule has 3 aliphatic rings. The Balaban J connectivity index is 1.27. The lowest BCUT2D eigenvalue weighted by Crippen LogP contribution is -2.40. The van der Waals surface area contributed by atoms with Crippen molar-refractivity contribution in [3.8, 4) is 0 Å². The highest BCUT2D eigenvalue weighted by Crippen LogP contribution is 2.46. The van der Waals surface area contributed by atoms with Gasteiger partial charge < -0.3 is 20.3 Å². The highest BCUT2D eigenvalue weighted by molar-refractivity contribution is 7.90. The third kappa shape index (κ3) is 3.65. The average molecular weight is 473 g/mol. The molecule has 2 fully saturated rings. The fourth-order valence-corrected chi connectivity index (χ4v) is 5.96. The van der Waals surface area contributed by atoms with Crippen LogP contribution in [0.4, 0.5) is 10.5 Å². The second-order valence-electron chi connectivity index (χ2n) is 9.57. The number of nitrogens with zero attached hydrogens (tertiary/aromatic N) is 2. The SMILES string of the molecule is CC(C)(C)OC(=O)N1CC2C(C1)C2NC(=O)c1ccc2c(c1)NC(=O)c1cccn1S2(=O)=O. The molecule has 1 saturated carbocycles. The van der Waals surface area contributed by atoms with Gasteiger partial charge in [-0.05, 0) is 51.1 Å². The summed E-state index contributed by atoms with van der Waals surface area (Å²) in [5.74, 6) is -0.614. The van der Waals surface area contributed by atoms with E-state index in [1.54, 1.807) is 4.90 Å². The first-order chi connectivity index (χ1) is 15.5. The predicted octanol–water partition coefficient (Wildman–Crippen LogP) is 1.89. The Morgan fingerprint density at radius 1 is 1.15 bits per heavy atom. The van der Waals surface area contributed by atoms with E-state index in [1.807, 2.05) is 20.8 Å². The number of aromatic nitrogens is 1. The Kier molecular flexibility index (Phi) is 4.61. The molecule has 0 radical (unpaired) electrons. The van der Waals surface area contributed by atoms with Crippen LogP contribution in [0.25, 0.3) is 0 Å². The lowest BCUT2D eigenvalue weighted by Gasteiger charge is -2.26. The molecule has 2 aromatic rings. The number of nitrogens with one attached hydrogen (secondary N) is 2. The molecule has 10 nitrogen and oxygen atoms in total. The maximum absolute atomic E-state index is 12.9. The van der Waals surface area contributed by atoms with E-state index < -0.39 is 21.5 Å². The van der Waals surface area contributed by atoms with E-state index in [2.05, 4.69) is 10.6 Å². The largest absolute Gasteiger partial charge is 0.444 e. The number of anilines is 1. The van der Waals surface area contributed by atoms with Crippen LogP contribution in [0, 0.1) is 11.8 Å². The first-order valence-corrected chi connectivity index (χ1v) is 12.1. The number of fused-ring (bicyclic) bond motifs is 3. The minimum atomic E-state index is -3.97. The molecule has 5 rings (SSSR count). The first kappa shape index (κ1) is 21.5. The summed E-state index contributed by atoms with van der Waals surface area (Å²) in [6.07, 6.45) is 0.958. The van der Waals surface area contributed by atoms with Gasteiger partial charge in [-0.1, -0.05) is 0 Å². The molecule has 2 N–H and O–H groups in total. The summed E-state index contributed by atoms with van der Waals surface area (Å²) in [5.41, 5.74) is -0.264. The Bertz CT molecular complexity index is 1280. The summed E-state index contributed by atoms with van der Waals surface area (Å²) < 4.78 is 32.2. The fourth-order valence-electron chi connectivity index (χ4n) is 4.49. The average Bonchev–Trinajstić information content (AvgIpc) is 3.13. The van der Waals surface area contributed by atoms with Crippen molar-refractivity contribution < 1.29 is 27.5 Å². The summed E-state index contributed by atoms with van der Waals surface area (Å²) in [5, 5.41) is 5.55. The third-order valence-electron chi connectivity index (χ3n) is 6.12. The van der Waals surface area contributed by atoms with E-state index in [0.29, 0.717) is 13.1 Å². The number of carbonyl (C=O) groups excluding carboxylic acids is 3. The Morgan fingerprint density at radius 2 is 1.85 bits per heavy atom. The van der Waals surface area contributed by atoms with Crippen molar-refractivity contribution >= 4 is 33.6 Å². The second-order valence-corrected chi connectivity index (χ2v) is 11.4. The minimum Gasteiger partial charge on any atom is -0.444 e. The Morgan fingerprint density at radius 3 is 2.52 bits per heavy atom. The molecular formula is C22H24N4O6S. The summed E-state index contributed by atoms with van der Waals surface area (Å²) in [4.78, 5) is 39.1. The number of amides is 3. The van der Waals surface area contributed by atoms with Gasteiger partial charge in [-0.15, -0.1) is 0 Å². The molecule has 2 aliphatic heterocycles. The van der Waals surface area contributed by atoms with E-state index in [0.717, 1.165) is 3.97 Å². The van der Waals surface area contributed by atoms with Crippen molar-refractivity contribution in [2.24, 2.45) is 11.8 Å². The molecule has 2 unspecified atom stereocenters. The van der Waals surface area contributed by atoms with Gasteiger partial charge in [0.1, 0.15) is 16.2 Å². The highest BCUT2D eigenvalue weighted by Gasteiger charge is 2.58. The zero-order chi connectivity index (χ0) is 23.7. The number of likely N-dealkylation sites (tertiary alicyclic amines) is 1. The standard InChI is InChI=1S/C22H24N4O6S/c1-22(2,3)32-21(29)25-10-13-14(11-25)18(13)24-19(27)12-6-7-17-15(9-12)23-20(28)16-5-4-8-26(16)33(17,30)31/h4-9,13-14,18H,10-11H2,1-3H3,(H,23,28)(H,24,27). The molecular weight excluding hydrogens is 448 g/mol. The quantitative estimate of drug-likeness (QED) is 0.687. The van der Waals surface area contributed by atoms with Crippen LogP contribution >= 0.6 is 0 Å². The van der Waals surface area contributed by atoms with Crippen LogP contribution in [0.2, 0.25) is 0 Å². The minimum absolute atomic E-state index is 0.00227. The van der Waals surface area contributed by atoms with Gasteiger partial charge in [-0.2, -0.15) is 0 Å². The molecule has 1 aromatic heterocycles. The smallest absolute Gasteiger partial charge is 0.410 e. The lowest BCUT2D eigenvalue weighted by atomic mass is 10.1. The van der Waals surface area contributed by atoms with Crippen molar-refractivity contribution in [2.45, 2.75) is 37.3 Å². The number of benzene rings is 1. The van der Waals surface area contributed by atoms with Crippen LogP contribution in [0.5, 0.6) is 0 Å². The Hall–Kier alpha value is -3.34. The summed E-state index contributed by atoms with van der Waals surface area (Å²) in [6, 6.07) is 6.96. The van der Waals surface area contributed by atoms with Crippen LogP contribution in [0.15, 0.2) is 41.4 Å². The molecule has 11 heteroatoms. The third-order valence-corrected chi connectivity index (χ3v) is 7.86. The van der Waals surface area contributed by atoms with Crippen molar-refractivity contribution in [3.63, 3.8) is 0 Å². The van der Waals surface area contributed by atoms with Crippen molar-refractivity contribution in [2.75, 3.05) is 18.4 Å². The zero-order valence-corrected chi connectivity index (χ0v) is 19.2. The van der Waals surface area contributed by atoms with Crippen LogP contribution in [0.3, 0.4) is 0 Å². The summed E-state index contributed by atoms with van der Waals surface area (Å²) >= 11 is 0. The normalized spacial score (nSPS) is 24.6. The number of hydrogen-bond acceptors (Lipinski definition) is 6. The number of rotatable bonds is 2. The lowest BCUT2D eigenvalue weighted by molar-refractivity contribution is 0.0269. The van der Waals surface area contributed by atoms with Gasteiger partial charge in [0.05, 0.1) is 5.69 Å². The molecule has 1 saturated heterocycles. The number of ether oxygens (including phenoxy) is 1. The van der Waals surface area contributed by atoms with Crippen molar-refractivity contribution in [1.29, 1.82) is 0 Å². The van der Waals surface area contributed by atoms with Gasteiger partial charge in [0.25, 0.3) is 21.8 Å². The molecule has 1 aliphatic carbocycles. The van der Waals surface area contributed by atoms with Crippen LogP contribution in [-0.4, -0.2) is 59.9 Å². The molecule has 174 valence electrons. The van der Waals surface area contributed by atoms with E-state index in [4.69, 9.17) is 4.74 Å². The van der Waals surface area contributed by atoms with Crippen molar-refractivity contribution in [3.05, 3.63) is 47.8 Å². The topological polar surface area (TPSA) is 127 Å². The van der Waals surface area contributed by atoms with Crippen LogP contribution in [-0.2, 0) is 14.8 Å². The molecule has 0 spiro atoms. The summed E-state index contributed by atoms with van der Waals surface area (Å²) in [6.45, 7) is 6.48. The van der Waals surface area contributed by atoms with E-state index in [1.165, 1.54) is 36.5 Å². The monoisotopic (exact) mass is 472 g/mol. The number of hydrogen-bond donors (Lipinski definition) is 2. The fraction of sp³-hybridized carbons (Fsp3) is 0.409. The zero-order valence-electron chi connectivity index (χ0n) is 18.4. The maximum Gasteiger partial charge on any atom is 0.410 e. The van der Waals surface area contributed by atoms with E-state index in [-0.39, 0.29) is 51.7 Å². The van der Waals surface area contributed by atoms with Crippen LogP contribution < -0.4 is 10.6 Å². The first-order valence-electron chi connectivity index (χ1n) is 10.6. The van der Waals surface area contributed by atoms with E-state index in [9.17, 15) is 22.8 Å². The second kappa shape index (κ2) is 7.08. The van der Waals surface area contributed by atoms with Crippen LogP contribution in [0.1, 0.15) is 41.6 Å². The molecule has 2 atom stereocenters. The van der Waals surface area contributed by atoms with E-state index >= 15 is 0 Å². The molecule has 3 amide bonds. The highest BCUT2D eigenvalue weighted by atomic mass is 32.2. The van der Waals surface area contributed by atoms with Gasteiger partial charge in [-0.3, -0.25) is 9.59 Å². The van der Waals surface area contributed by atoms with Gasteiger partial charge in [-0.25, -0.2) is 17.2 Å². The molecule has 1 aromatic carbocycles. The van der Waals surface area contributed by atoms with Gasteiger partial charge >= 0.3 is 6.09 Å². The van der Waals surface area contributed by atoms with Gasteiger partial charge in [0.2, 0.25) is 0 Å².